The molecule has 0 aromatic heterocycles. The highest BCUT2D eigenvalue weighted by molar-refractivity contribution is 5.94. The molecule has 0 amide bonds. The second-order valence-electron chi connectivity index (χ2n) is 2.15. The van der Waals surface area contributed by atoms with Crippen LogP contribution in [0.4, 0.5) is 11.4 Å². The van der Waals surface area contributed by atoms with Gasteiger partial charge in [0.2, 0.25) is 0 Å². The Morgan fingerprint density at radius 2 is 1.85 bits per heavy atom. The normalized spacial score (nSPS) is 8.46. The van der Waals surface area contributed by atoms with Crippen LogP contribution in [0.5, 0.6) is 0 Å². The first-order chi connectivity index (χ1) is 6.11. The zero-order valence-corrected chi connectivity index (χ0v) is 7.74. The topological polar surface area (TPSA) is 89.3 Å². The molecule has 5 N–H and O–H groups in total. The van der Waals surface area contributed by atoms with Crippen molar-refractivity contribution in [1.29, 1.82) is 0 Å². The molecule has 0 spiro atoms. The van der Waals surface area contributed by atoms with Crippen molar-refractivity contribution in [3.63, 3.8) is 0 Å². The van der Waals surface area contributed by atoms with Crippen LogP contribution < -0.4 is 11.5 Å². The van der Waals surface area contributed by atoms with Gasteiger partial charge in [-0.1, -0.05) is 13.8 Å². The van der Waals surface area contributed by atoms with Crippen LogP contribution in [0, 0.1) is 0 Å². The van der Waals surface area contributed by atoms with E-state index in [2.05, 4.69) is 0 Å². The Labute approximate surface area is 77.2 Å². The summed E-state index contributed by atoms with van der Waals surface area (Å²) in [4.78, 5) is 10.4. The van der Waals surface area contributed by atoms with Crippen molar-refractivity contribution in [2.24, 2.45) is 0 Å². The third-order valence-corrected chi connectivity index (χ3v) is 1.31. The lowest BCUT2D eigenvalue weighted by Crippen LogP contribution is -2.02. The van der Waals surface area contributed by atoms with E-state index in [0.29, 0.717) is 5.69 Å². The average Bonchev–Trinajstić information content (AvgIpc) is 2.12. The molecule has 0 aliphatic carbocycles. The molecule has 0 atom stereocenters. The zero-order chi connectivity index (χ0) is 10.4. The van der Waals surface area contributed by atoms with Gasteiger partial charge in [-0.25, -0.2) is 4.79 Å². The summed E-state index contributed by atoms with van der Waals surface area (Å²) in [5.41, 5.74) is 11.4. The predicted octanol–water partition coefficient (Wildman–Crippen LogP) is 1.58. The minimum absolute atomic E-state index is 0.0463. The first-order valence-corrected chi connectivity index (χ1v) is 3.99. The van der Waals surface area contributed by atoms with Gasteiger partial charge in [-0.2, -0.15) is 0 Å². The van der Waals surface area contributed by atoms with Gasteiger partial charge in [0.15, 0.2) is 0 Å². The van der Waals surface area contributed by atoms with Gasteiger partial charge in [0.1, 0.15) is 0 Å². The molecule has 0 unspecified atom stereocenters. The van der Waals surface area contributed by atoms with E-state index in [-0.39, 0.29) is 11.3 Å². The fraction of sp³-hybridized carbons (Fsp3) is 0.222. The Balaban J connectivity index is 0.000000671. The lowest BCUT2D eigenvalue weighted by Gasteiger charge is -2.00. The summed E-state index contributed by atoms with van der Waals surface area (Å²) in [5.74, 6) is -1.06. The van der Waals surface area contributed by atoms with E-state index in [1.807, 2.05) is 13.8 Å². The number of carbonyl (C=O) groups is 1. The fourth-order valence-corrected chi connectivity index (χ4v) is 0.759. The second kappa shape index (κ2) is 5.03. The van der Waals surface area contributed by atoms with Crippen molar-refractivity contribution in [1.82, 2.24) is 0 Å². The quantitative estimate of drug-likeness (QED) is 0.575. The number of benzene rings is 1. The molecule has 1 aromatic rings. The van der Waals surface area contributed by atoms with Crippen LogP contribution in [-0.2, 0) is 0 Å². The molecule has 0 saturated heterocycles. The maximum atomic E-state index is 10.4. The second-order valence-corrected chi connectivity index (χ2v) is 2.15. The molecule has 0 bridgehead atoms. The molecular weight excluding hydrogens is 168 g/mol. The number of hydrogen-bond acceptors (Lipinski definition) is 3. The predicted molar refractivity (Wildman–Crippen MR) is 53.6 cm³/mol. The molecule has 4 heteroatoms. The lowest BCUT2D eigenvalue weighted by molar-refractivity contribution is 0.0698. The highest BCUT2D eigenvalue weighted by Gasteiger charge is 2.06. The van der Waals surface area contributed by atoms with Crippen molar-refractivity contribution in [2.75, 3.05) is 11.5 Å². The first-order valence-electron chi connectivity index (χ1n) is 3.99. The van der Waals surface area contributed by atoms with E-state index in [0.717, 1.165) is 0 Å². The van der Waals surface area contributed by atoms with Crippen LogP contribution in [-0.4, -0.2) is 11.1 Å². The van der Waals surface area contributed by atoms with E-state index in [9.17, 15) is 4.79 Å². The van der Waals surface area contributed by atoms with E-state index in [1.165, 1.54) is 12.1 Å². The number of carboxylic acids is 1. The van der Waals surface area contributed by atoms with Gasteiger partial charge in [-0.15, -0.1) is 0 Å². The van der Waals surface area contributed by atoms with Crippen LogP contribution in [0.25, 0.3) is 0 Å². The molecule has 72 valence electrons. The molecule has 0 saturated carbocycles. The SMILES string of the molecule is CC.Nc1ccc(N)c(C(=O)O)c1. The number of hydrogen-bond donors (Lipinski definition) is 3. The van der Waals surface area contributed by atoms with Gasteiger partial charge in [-0.05, 0) is 18.2 Å². The van der Waals surface area contributed by atoms with Crippen molar-refractivity contribution < 1.29 is 9.90 Å². The summed E-state index contributed by atoms with van der Waals surface area (Å²) in [6, 6.07) is 4.36. The minimum Gasteiger partial charge on any atom is -0.478 e. The highest BCUT2D eigenvalue weighted by Crippen LogP contribution is 2.14. The minimum atomic E-state index is -1.06. The highest BCUT2D eigenvalue weighted by atomic mass is 16.4. The summed E-state index contributed by atoms with van der Waals surface area (Å²) in [6.45, 7) is 4.00. The number of carboxylic acid groups (broad SMARTS) is 1. The molecule has 0 radical (unpaired) electrons. The molecule has 1 aromatic carbocycles. The fourth-order valence-electron chi connectivity index (χ4n) is 0.759. The molecule has 0 aliphatic heterocycles. The molecule has 4 nitrogen and oxygen atoms in total. The first kappa shape index (κ1) is 11.3. The van der Waals surface area contributed by atoms with Crippen molar-refractivity contribution in [3.8, 4) is 0 Å². The monoisotopic (exact) mass is 182 g/mol. The smallest absolute Gasteiger partial charge is 0.337 e. The molecule has 13 heavy (non-hydrogen) atoms. The average molecular weight is 182 g/mol. The van der Waals surface area contributed by atoms with Gasteiger partial charge in [0, 0.05) is 11.4 Å². The number of nitrogen functional groups attached to an aromatic ring is 2. The van der Waals surface area contributed by atoms with Gasteiger partial charge < -0.3 is 16.6 Å². The van der Waals surface area contributed by atoms with Crippen molar-refractivity contribution in [2.45, 2.75) is 13.8 Å². The number of aromatic carboxylic acids is 1. The molecule has 0 aliphatic rings. The van der Waals surface area contributed by atoms with Gasteiger partial charge in [0.05, 0.1) is 5.56 Å². The van der Waals surface area contributed by atoms with Crippen molar-refractivity contribution >= 4 is 17.3 Å². The van der Waals surface area contributed by atoms with Crippen LogP contribution in [0.15, 0.2) is 18.2 Å². The molecule has 0 fully saturated rings. The number of anilines is 2. The van der Waals surface area contributed by atoms with Crippen LogP contribution >= 0.6 is 0 Å². The summed E-state index contributed by atoms with van der Waals surface area (Å²) < 4.78 is 0. The Morgan fingerprint density at radius 3 is 2.23 bits per heavy atom. The van der Waals surface area contributed by atoms with Gasteiger partial charge in [0.25, 0.3) is 0 Å². The largest absolute Gasteiger partial charge is 0.478 e. The third-order valence-electron chi connectivity index (χ3n) is 1.31. The maximum Gasteiger partial charge on any atom is 0.337 e. The maximum absolute atomic E-state index is 10.4. The van der Waals surface area contributed by atoms with Crippen LogP contribution in [0.1, 0.15) is 24.2 Å². The number of nitrogens with two attached hydrogens (primary N) is 2. The molecule has 1 rings (SSSR count). The summed E-state index contributed by atoms with van der Waals surface area (Å²) in [7, 11) is 0. The standard InChI is InChI=1S/C7H8N2O2.C2H6/c8-4-1-2-6(9)5(3-4)7(10)11;1-2/h1-3H,8-9H2,(H,10,11);1-2H3. The number of rotatable bonds is 1. The third kappa shape index (κ3) is 3.02. The molecular formula is C9H14N2O2. The summed E-state index contributed by atoms with van der Waals surface area (Å²) >= 11 is 0. The molecule has 0 heterocycles. The van der Waals surface area contributed by atoms with Crippen LogP contribution in [0.3, 0.4) is 0 Å². The Hall–Kier alpha value is -1.71. The van der Waals surface area contributed by atoms with E-state index < -0.39 is 5.97 Å². The van der Waals surface area contributed by atoms with Crippen molar-refractivity contribution in [3.05, 3.63) is 23.8 Å². The van der Waals surface area contributed by atoms with Crippen LogP contribution in [0.2, 0.25) is 0 Å². The van der Waals surface area contributed by atoms with E-state index in [4.69, 9.17) is 16.6 Å². The van der Waals surface area contributed by atoms with Gasteiger partial charge in [-0.3, -0.25) is 0 Å². The lowest BCUT2D eigenvalue weighted by atomic mass is 10.1. The van der Waals surface area contributed by atoms with E-state index >= 15 is 0 Å². The van der Waals surface area contributed by atoms with E-state index in [1.54, 1.807) is 6.07 Å². The summed E-state index contributed by atoms with van der Waals surface area (Å²) in [6.07, 6.45) is 0. The Morgan fingerprint density at radius 1 is 1.31 bits per heavy atom. The Kier molecular flexibility index (Phi) is 4.37. The van der Waals surface area contributed by atoms with Gasteiger partial charge >= 0.3 is 5.97 Å². The zero-order valence-electron chi connectivity index (χ0n) is 7.74. The Bertz CT molecular complexity index is 298. The summed E-state index contributed by atoms with van der Waals surface area (Å²) in [5, 5.41) is 8.55.